The molecule has 188 valence electrons. The molecule has 0 fully saturated rings. The van der Waals surface area contributed by atoms with Crippen molar-refractivity contribution >= 4 is 11.9 Å². The molecule has 0 bridgehead atoms. The van der Waals surface area contributed by atoms with Gasteiger partial charge in [-0.25, -0.2) is 0 Å². The highest BCUT2D eigenvalue weighted by molar-refractivity contribution is 5.66. The fourth-order valence-corrected chi connectivity index (χ4v) is 4.10. The van der Waals surface area contributed by atoms with E-state index in [1.165, 1.54) is 43.2 Å². The molecule has 5 nitrogen and oxygen atoms in total. The largest absolute Gasteiger partial charge is 0.494 e. The highest BCUT2D eigenvalue weighted by Gasteiger charge is 2.06. The molecular formula is C28H46O5. The quantitative estimate of drug-likeness (QED) is 0.173. The zero-order valence-electron chi connectivity index (χ0n) is 20.8. The van der Waals surface area contributed by atoms with Crippen LogP contribution in [0.5, 0.6) is 5.75 Å². The Morgan fingerprint density at radius 3 is 1.67 bits per heavy atom. The molecule has 0 spiro atoms. The molecule has 1 rings (SSSR count). The summed E-state index contributed by atoms with van der Waals surface area (Å²) in [6, 6.07) is 6.60. The van der Waals surface area contributed by atoms with Gasteiger partial charge in [-0.15, -0.1) is 0 Å². The van der Waals surface area contributed by atoms with Gasteiger partial charge >= 0.3 is 11.9 Å². The van der Waals surface area contributed by atoms with Crippen LogP contribution in [0, 0.1) is 0 Å². The fraction of sp³-hybridized carbons (Fsp3) is 0.714. The summed E-state index contributed by atoms with van der Waals surface area (Å²) in [5.41, 5.74) is 2.85. The molecule has 0 aromatic heterocycles. The van der Waals surface area contributed by atoms with Crippen LogP contribution in [0.4, 0.5) is 0 Å². The van der Waals surface area contributed by atoms with Gasteiger partial charge in [-0.2, -0.15) is 0 Å². The average Bonchev–Trinajstić information content (AvgIpc) is 2.78. The average molecular weight is 463 g/mol. The number of carbonyl (C=O) groups is 2. The van der Waals surface area contributed by atoms with E-state index in [-0.39, 0.29) is 6.42 Å². The summed E-state index contributed by atoms with van der Waals surface area (Å²) >= 11 is 0. The number of aryl methyl sites for hydroxylation is 2. The van der Waals surface area contributed by atoms with Gasteiger partial charge in [0, 0.05) is 12.8 Å². The van der Waals surface area contributed by atoms with E-state index in [4.69, 9.17) is 14.9 Å². The van der Waals surface area contributed by atoms with E-state index < -0.39 is 11.9 Å². The third-order valence-electron chi connectivity index (χ3n) is 6.12. The van der Waals surface area contributed by atoms with Crippen molar-refractivity contribution in [1.29, 1.82) is 0 Å². The first-order valence-corrected chi connectivity index (χ1v) is 13.2. The van der Waals surface area contributed by atoms with E-state index in [1.807, 2.05) is 0 Å². The number of hydrogen-bond donors (Lipinski definition) is 2. The van der Waals surface area contributed by atoms with Gasteiger partial charge in [-0.05, 0) is 68.2 Å². The summed E-state index contributed by atoms with van der Waals surface area (Å²) in [5, 5.41) is 17.4. The first-order valence-electron chi connectivity index (χ1n) is 13.2. The van der Waals surface area contributed by atoms with E-state index in [0.717, 1.165) is 83.0 Å². The second-order valence-electron chi connectivity index (χ2n) is 9.16. The van der Waals surface area contributed by atoms with Gasteiger partial charge < -0.3 is 14.9 Å². The maximum Gasteiger partial charge on any atom is 0.303 e. The molecule has 0 aliphatic rings. The maximum absolute atomic E-state index is 10.6. The molecule has 0 saturated heterocycles. The molecule has 1 aromatic carbocycles. The second kappa shape index (κ2) is 19.4. The minimum Gasteiger partial charge on any atom is -0.494 e. The Morgan fingerprint density at radius 2 is 1.15 bits per heavy atom. The van der Waals surface area contributed by atoms with E-state index in [1.54, 1.807) is 0 Å². The van der Waals surface area contributed by atoms with Gasteiger partial charge in [-0.1, -0.05) is 70.8 Å². The van der Waals surface area contributed by atoms with Crippen molar-refractivity contribution in [1.82, 2.24) is 0 Å². The summed E-state index contributed by atoms with van der Waals surface area (Å²) in [4.78, 5) is 21.1. The van der Waals surface area contributed by atoms with Crippen molar-refractivity contribution in [2.45, 2.75) is 122 Å². The zero-order valence-corrected chi connectivity index (χ0v) is 20.8. The van der Waals surface area contributed by atoms with Crippen LogP contribution in [0.1, 0.15) is 121 Å². The molecule has 0 heterocycles. The topological polar surface area (TPSA) is 83.8 Å². The minimum atomic E-state index is -0.693. The lowest BCUT2D eigenvalue weighted by Crippen LogP contribution is -2.00. The molecule has 0 atom stereocenters. The van der Waals surface area contributed by atoms with E-state index >= 15 is 0 Å². The van der Waals surface area contributed by atoms with Gasteiger partial charge in [0.15, 0.2) is 0 Å². The van der Waals surface area contributed by atoms with Crippen molar-refractivity contribution in [3.05, 3.63) is 29.3 Å². The minimum absolute atomic E-state index is 0.288. The summed E-state index contributed by atoms with van der Waals surface area (Å²) < 4.78 is 5.94. The number of carboxylic acid groups (broad SMARTS) is 2. The number of ether oxygens (including phenoxy) is 1. The molecule has 5 heteroatoms. The highest BCUT2D eigenvalue weighted by atomic mass is 16.5. The first-order chi connectivity index (χ1) is 16.0. The van der Waals surface area contributed by atoms with Crippen LogP contribution in [-0.2, 0) is 22.4 Å². The zero-order chi connectivity index (χ0) is 24.2. The van der Waals surface area contributed by atoms with Crippen LogP contribution in [0.25, 0.3) is 0 Å². The Bertz CT molecular complexity index is 656. The summed E-state index contributed by atoms with van der Waals surface area (Å²) in [5.74, 6) is -0.404. The molecule has 1 aromatic rings. The molecule has 0 aliphatic carbocycles. The molecule has 0 amide bonds. The van der Waals surface area contributed by atoms with E-state index in [2.05, 4.69) is 25.1 Å². The Hall–Kier alpha value is -2.04. The molecule has 2 N–H and O–H groups in total. The second-order valence-corrected chi connectivity index (χ2v) is 9.16. The van der Waals surface area contributed by atoms with Crippen molar-refractivity contribution < 1.29 is 24.5 Å². The lowest BCUT2D eigenvalue weighted by molar-refractivity contribution is -0.138. The maximum atomic E-state index is 10.6. The number of hydrogen-bond acceptors (Lipinski definition) is 3. The highest BCUT2D eigenvalue weighted by Crippen LogP contribution is 2.23. The molecule has 0 aliphatic heterocycles. The molecular weight excluding hydrogens is 416 g/mol. The number of carboxylic acids is 2. The molecule has 0 saturated carbocycles. The van der Waals surface area contributed by atoms with Gasteiger partial charge in [0.2, 0.25) is 0 Å². The van der Waals surface area contributed by atoms with Gasteiger partial charge in [0.25, 0.3) is 0 Å². The first kappa shape index (κ1) is 29.0. The number of rotatable bonds is 22. The van der Waals surface area contributed by atoms with Crippen molar-refractivity contribution in [3.8, 4) is 5.75 Å². The SMILES string of the molecule is CCCCOc1ccc(CCCCCCCCC(=O)O)c(CCCCCCCCC(=O)O)c1. The molecule has 0 radical (unpaired) electrons. The van der Waals surface area contributed by atoms with Crippen molar-refractivity contribution in [3.63, 3.8) is 0 Å². The molecule has 33 heavy (non-hydrogen) atoms. The smallest absolute Gasteiger partial charge is 0.303 e. The van der Waals surface area contributed by atoms with Crippen LogP contribution in [-0.4, -0.2) is 28.8 Å². The summed E-state index contributed by atoms with van der Waals surface area (Å²) in [6.45, 7) is 2.94. The van der Waals surface area contributed by atoms with Crippen molar-refractivity contribution in [2.75, 3.05) is 6.61 Å². The number of benzene rings is 1. The van der Waals surface area contributed by atoms with E-state index in [0.29, 0.717) is 6.42 Å². The van der Waals surface area contributed by atoms with Crippen LogP contribution in [0.3, 0.4) is 0 Å². The predicted octanol–water partition coefficient (Wildman–Crippen LogP) is 7.58. The molecule has 0 unspecified atom stereocenters. The third-order valence-corrected chi connectivity index (χ3v) is 6.12. The van der Waals surface area contributed by atoms with Crippen molar-refractivity contribution in [2.24, 2.45) is 0 Å². The Morgan fingerprint density at radius 1 is 0.667 bits per heavy atom. The Kier molecular flexibility index (Phi) is 17.1. The lowest BCUT2D eigenvalue weighted by Gasteiger charge is -2.13. The monoisotopic (exact) mass is 462 g/mol. The Balaban J connectivity index is 2.39. The van der Waals surface area contributed by atoms with Crippen LogP contribution >= 0.6 is 0 Å². The van der Waals surface area contributed by atoms with Gasteiger partial charge in [0.1, 0.15) is 5.75 Å². The van der Waals surface area contributed by atoms with Crippen LogP contribution < -0.4 is 4.74 Å². The van der Waals surface area contributed by atoms with Gasteiger partial charge in [0.05, 0.1) is 6.61 Å². The predicted molar refractivity (Wildman–Crippen MR) is 134 cm³/mol. The fourth-order valence-electron chi connectivity index (χ4n) is 4.10. The standard InChI is InChI=1S/C28H46O5/c1-2-3-22-33-26-21-20-24(16-12-8-4-6-10-14-18-27(29)30)25(23-26)17-13-9-5-7-11-15-19-28(31)32/h20-21,23H,2-19,22H2,1H3,(H,29,30)(H,31,32). The summed E-state index contributed by atoms with van der Waals surface area (Å²) in [6.07, 6.45) is 17.8. The third kappa shape index (κ3) is 16.3. The summed E-state index contributed by atoms with van der Waals surface area (Å²) in [7, 11) is 0. The number of unbranched alkanes of at least 4 members (excludes halogenated alkanes) is 11. The normalized spacial score (nSPS) is 10.9. The van der Waals surface area contributed by atoms with Crippen LogP contribution in [0.2, 0.25) is 0 Å². The Labute approximate surface area is 200 Å². The van der Waals surface area contributed by atoms with Crippen LogP contribution in [0.15, 0.2) is 18.2 Å². The lowest BCUT2D eigenvalue weighted by atomic mass is 9.96. The van der Waals surface area contributed by atoms with Gasteiger partial charge in [-0.3, -0.25) is 9.59 Å². The number of aliphatic carboxylic acids is 2. The van der Waals surface area contributed by atoms with E-state index in [9.17, 15) is 9.59 Å².